The topological polar surface area (TPSA) is 55.8 Å². The first-order valence-corrected chi connectivity index (χ1v) is 5.80. The molecule has 6 heteroatoms. The second-order valence-corrected chi connectivity index (χ2v) is 5.31. The lowest BCUT2D eigenvalue weighted by atomic mass is 9.87. The Hall–Kier alpha value is -0.750. The lowest BCUT2D eigenvalue weighted by Gasteiger charge is -2.27. The highest BCUT2D eigenvalue weighted by atomic mass is 19.3. The minimum absolute atomic E-state index is 0.0541. The summed E-state index contributed by atoms with van der Waals surface area (Å²) in [7, 11) is 0. The number of carbonyl (C=O) groups is 1. The van der Waals surface area contributed by atoms with E-state index < -0.39 is 30.4 Å². The predicted molar refractivity (Wildman–Crippen MR) is 51.1 cm³/mol. The van der Waals surface area contributed by atoms with Crippen LogP contribution in [0.5, 0.6) is 0 Å². The van der Waals surface area contributed by atoms with Crippen molar-refractivity contribution in [2.45, 2.75) is 44.2 Å². The normalized spacial score (nSPS) is 47.5. The van der Waals surface area contributed by atoms with Gasteiger partial charge in [-0.15, -0.1) is 0 Å². The highest BCUT2D eigenvalue weighted by Gasteiger charge is 2.62. The summed E-state index contributed by atoms with van der Waals surface area (Å²) in [6.45, 7) is 0.524. The van der Waals surface area contributed by atoms with Crippen LogP contribution in [0.3, 0.4) is 0 Å². The Bertz CT molecular complexity index is 354. The van der Waals surface area contributed by atoms with E-state index in [1.807, 2.05) is 0 Å². The van der Waals surface area contributed by atoms with E-state index in [4.69, 9.17) is 9.47 Å². The largest absolute Gasteiger partial charge is 0.455 e. The third-order valence-corrected chi connectivity index (χ3v) is 4.17. The van der Waals surface area contributed by atoms with E-state index in [1.54, 1.807) is 0 Å². The Labute approximate surface area is 96.9 Å². The molecule has 6 unspecified atom stereocenters. The average molecular weight is 248 g/mol. The number of aliphatic hydroxyl groups excluding tert-OH is 1. The molecule has 2 saturated carbocycles. The molecule has 96 valence electrons. The molecule has 6 atom stereocenters. The molecule has 17 heavy (non-hydrogen) atoms. The van der Waals surface area contributed by atoms with Crippen molar-refractivity contribution >= 4 is 5.97 Å². The third kappa shape index (κ3) is 1.57. The Balaban J connectivity index is 1.73. The van der Waals surface area contributed by atoms with Crippen molar-refractivity contribution in [2.24, 2.45) is 17.8 Å². The number of hydrogen-bond acceptors (Lipinski definition) is 4. The molecular weight excluding hydrogens is 234 g/mol. The average Bonchev–Trinajstić information content (AvgIpc) is 2.80. The number of carbonyl (C=O) groups excluding carboxylic acids is 1. The molecule has 3 aliphatic rings. The molecule has 0 aromatic rings. The minimum Gasteiger partial charge on any atom is -0.455 e. The quantitative estimate of drug-likeness (QED) is 0.738. The number of ether oxygens (including phenoxy) is 2. The lowest BCUT2D eigenvalue weighted by molar-refractivity contribution is -0.187. The fraction of sp³-hybridized carbons (Fsp3) is 0.909. The molecule has 1 heterocycles. The highest BCUT2D eigenvalue weighted by Crippen LogP contribution is 2.56. The van der Waals surface area contributed by atoms with Gasteiger partial charge in [-0.25, -0.2) is 4.79 Å². The number of fused-ring (bicyclic) bond motifs is 1. The number of rotatable bonds is 2. The maximum Gasteiger partial charge on any atom is 0.377 e. The van der Waals surface area contributed by atoms with Crippen molar-refractivity contribution in [1.29, 1.82) is 0 Å². The second kappa shape index (κ2) is 3.38. The molecule has 0 radical (unpaired) electrons. The maximum absolute atomic E-state index is 12.8. The fourth-order valence-electron chi connectivity index (χ4n) is 3.46. The monoisotopic (exact) mass is 248 g/mol. The standard InChI is InChI=1S/C11H14F2O4/c1-11(12,13)10(15)17-7-4-2-5-6(3-4)9(14)16-8(5)7/h4-9,14H,2-3H2,1H3. The van der Waals surface area contributed by atoms with E-state index in [2.05, 4.69) is 0 Å². The molecule has 2 bridgehead atoms. The summed E-state index contributed by atoms with van der Waals surface area (Å²) in [6.07, 6.45) is -0.373. The first-order valence-electron chi connectivity index (χ1n) is 5.80. The van der Waals surface area contributed by atoms with Crippen molar-refractivity contribution in [3.05, 3.63) is 0 Å². The van der Waals surface area contributed by atoms with Crippen LogP contribution in [0.2, 0.25) is 0 Å². The Kier molecular flexibility index (Phi) is 2.26. The van der Waals surface area contributed by atoms with Crippen LogP contribution < -0.4 is 0 Å². The van der Waals surface area contributed by atoms with Gasteiger partial charge in [0.1, 0.15) is 12.2 Å². The van der Waals surface area contributed by atoms with Crippen molar-refractivity contribution in [1.82, 2.24) is 0 Å². The van der Waals surface area contributed by atoms with Gasteiger partial charge in [-0.2, -0.15) is 8.78 Å². The summed E-state index contributed by atoms with van der Waals surface area (Å²) in [5, 5.41) is 9.60. The summed E-state index contributed by atoms with van der Waals surface area (Å²) in [5.41, 5.74) is 0. The van der Waals surface area contributed by atoms with Gasteiger partial charge in [0.25, 0.3) is 0 Å². The molecule has 4 nitrogen and oxygen atoms in total. The van der Waals surface area contributed by atoms with Gasteiger partial charge >= 0.3 is 11.9 Å². The van der Waals surface area contributed by atoms with Gasteiger partial charge in [0, 0.05) is 12.8 Å². The van der Waals surface area contributed by atoms with Gasteiger partial charge in [0.15, 0.2) is 6.29 Å². The van der Waals surface area contributed by atoms with Crippen molar-refractivity contribution in [3.63, 3.8) is 0 Å². The molecule has 0 aromatic carbocycles. The number of hydrogen-bond donors (Lipinski definition) is 1. The van der Waals surface area contributed by atoms with Crippen LogP contribution in [0.25, 0.3) is 0 Å². The van der Waals surface area contributed by atoms with Gasteiger partial charge in [-0.05, 0) is 24.7 Å². The number of aliphatic hydroxyl groups is 1. The van der Waals surface area contributed by atoms with E-state index in [1.165, 1.54) is 0 Å². The molecule has 1 aliphatic heterocycles. The van der Waals surface area contributed by atoms with E-state index in [9.17, 15) is 18.7 Å². The highest BCUT2D eigenvalue weighted by molar-refractivity contribution is 5.77. The molecule has 1 saturated heterocycles. The van der Waals surface area contributed by atoms with E-state index in [0.29, 0.717) is 13.3 Å². The smallest absolute Gasteiger partial charge is 0.377 e. The Morgan fingerprint density at radius 2 is 2.06 bits per heavy atom. The zero-order chi connectivity index (χ0) is 12.4. The van der Waals surface area contributed by atoms with Crippen LogP contribution in [0.4, 0.5) is 8.78 Å². The molecule has 2 aliphatic carbocycles. The van der Waals surface area contributed by atoms with E-state index in [-0.39, 0.29) is 17.8 Å². The van der Waals surface area contributed by atoms with Gasteiger partial charge in [-0.3, -0.25) is 0 Å². The van der Waals surface area contributed by atoms with Crippen LogP contribution in [0, 0.1) is 17.8 Å². The fourth-order valence-corrected chi connectivity index (χ4v) is 3.46. The summed E-state index contributed by atoms with van der Waals surface area (Å²) in [5.74, 6) is -4.69. The van der Waals surface area contributed by atoms with Crippen molar-refractivity contribution < 1.29 is 28.2 Å². The number of alkyl halides is 2. The molecule has 3 rings (SSSR count). The first kappa shape index (κ1) is 11.3. The summed E-state index contributed by atoms with van der Waals surface area (Å²) >= 11 is 0. The second-order valence-electron chi connectivity index (χ2n) is 5.31. The molecule has 1 N–H and O–H groups in total. The zero-order valence-corrected chi connectivity index (χ0v) is 9.31. The Morgan fingerprint density at radius 1 is 1.41 bits per heavy atom. The maximum atomic E-state index is 12.8. The van der Waals surface area contributed by atoms with Crippen LogP contribution in [0.1, 0.15) is 19.8 Å². The molecular formula is C11H14F2O4. The van der Waals surface area contributed by atoms with Gasteiger partial charge in [0.05, 0.1) is 0 Å². The summed E-state index contributed by atoms with van der Waals surface area (Å²) in [6, 6.07) is 0. The van der Waals surface area contributed by atoms with Crippen LogP contribution in [0.15, 0.2) is 0 Å². The van der Waals surface area contributed by atoms with Gasteiger partial charge < -0.3 is 14.6 Å². The van der Waals surface area contributed by atoms with Crippen molar-refractivity contribution in [2.75, 3.05) is 0 Å². The predicted octanol–water partition coefficient (Wildman–Crippen LogP) is 0.927. The lowest BCUT2D eigenvalue weighted by Crippen LogP contribution is -2.40. The van der Waals surface area contributed by atoms with Crippen LogP contribution in [-0.4, -0.2) is 35.5 Å². The summed E-state index contributed by atoms with van der Waals surface area (Å²) < 4.78 is 35.7. The molecule has 3 fully saturated rings. The van der Waals surface area contributed by atoms with Crippen molar-refractivity contribution in [3.8, 4) is 0 Å². The van der Waals surface area contributed by atoms with Gasteiger partial charge in [-0.1, -0.05) is 0 Å². The zero-order valence-electron chi connectivity index (χ0n) is 9.31. The number of halogens is 2. The molecule has 0 amide bonds. The number of esters is 1. The molecule has 0 spiro atoms. The van der Waals surface area contributed by atoms with E-state index in [0.717, 1.165) is 6.42 Å². The first-order chi connectivity index (χ1) is 7.88. The third-order valence-electron chi connectivity index (χ3n) is 4.17. The van der Waals surface area contributed by atoms with Gasteiger partial charge in [0.2, 0.25) is 0 Å². The van der Waals surface area contributed by atoms with Crippen LogP contribution in [-0.2, 0) is 14.3 Å². The summed E-state index contributed by atoms with van der Waals surface area (Å²) in [4.78, 5) is 11.2. The SMILES string of the molecule is CC(F)(F)C(=O)OC1C2CC3C(O)OC1C3C2. The minimum atomic E-state index is -3.47. The molecule has 0 aromatic heterocycles. The Morgan fingerprint density at radius 3 is 2.71 bits per heavy atom. The van der Waals surface area contributed by atoms with E-state index >= 15 is 0 Å². The van der Waals surface area contributed by atoms with Crippen LogP contribution >= 0.6 is 0 Å².